The molecule has 6 heteroatoms. The van der Waals surface area contributed by atoms with Crippen molar-refractivity contribution in [2.24, 2.45) is 0 Å². The first kappa shape index (κ1) is 13.7. The molecule has 1 N–H and O–H groups in total. The van der Waals surface area contributed by atoms with Gasteiger partial charge in [-0.25, -0.2) is 9.37 Å². The van der Waals surface area contributed by atoms with Crippen LogP contribution in [0.4, 0.5) is 10.2 Å². The normalized spacial score (nSPS) is 19.3. The number of amides is 1. The number of anilines is 1. The maximum Gasteiger partial charge on any atom is 0.257 e. The first-order valence-corrected chi connectivity index (χ1v) is 6.42. The fourth-order valence-corrected chi connectivity index (χ4v) is 2.08. The SMILES string of the molecule is CCNc1nccc(C(=O)N2CCOCC2C)c1F. The Morgan fingerprint density at radius 1 is 1.68 bits per heavy atom. The number of carbonyl (C=O) groups is 1. The number of carbonyl (C=O) groups excluding carboxylic acids is 1. The van der Waals surface area contributed by atoms with Gasteiger partial charge in [-0.15, -0.1) is 0 Å². The maximum absolute atomic E-state index is 14.2. The number of nitrogens with one attached hydrogen (secondary N) is 1. The summed E-state index contributed by atoms with van der Waals surface area (Å²) in [6.07, 6.45) is 1.44. The summed E-state index contributed by atoms with van der Waals surface area (Å²) in [6, 6.07) is 1.37. The Bertz CT molecular complexity index is 467. The molecular formula is C13H18FN3O2. The Balaban J connectivity index is 2.25. The maximum atomic E-state index is 14.2. The van der Waals surface area contributed by atoms with Crippen LogP contribution >= 0.6 is 0 Å². The van der Waals surface area contributed by atoms with Crippen molar-refractivity contribution in [1.82, 2.24) is 9.88 Å². The molecule has 1 unspecified atom stereocenters. The van der Waals surface area contributed by atoms with Gasteiger partial charge in [0.2, 0.25) is 0 Å². The van der Waals surface area contributed by atoms with E-state index in [2.05, 4.69) is 10.3 Å². The molecule has 5 nitrogen and oxygen atoms in total. The van der Waals surface area contributed by atoms with E-state index in [1.165, 1.54) is 12.3 Å². The number of hydrogen-bond donors (Lipinski definition) is 1. The van der Waals surface area contributed by atoms with E-state index in [1.807, 2.05) is 13.8 Å². The molecule has 1 saturated heterocycles. The fraction of sp³-hybridized carbons (Fsp3) is 0.538. The summed E-state index contributed by atoms with van der Waals surface area (Å²) >= 11 is 0. The number of rotatable bonds is 3. The summed E-state index contributed by atoms with van der Waals surface area (Å²) in [5.41, 5.74) is 0.0553. The number of nitrogens with zero attached hydrogens (tertiary/aromatic N) is 2. The minimum atomic E-state index is -0.590. The number of ether oxygens (including phenoxy) is 1. The van der Waals surface area contributed by atoms with Crippen molar-refractivity contribution in [3.05, 3.63) is 23.6 Å². The van der Waals surface area contributed by atoms with Gasteiger partial charge < -0.3 is 15.0 Å². The molecule has 104 valence electrons. The largest absolute Gasteiger partial charge is 0.377 e. The van der Waals surface area contributed by atoms with Crippen LogP contribution in [0.5, 0.6) is 0 Å². The van der Waals surface area contributed by atoms with Gasteiger partial charge in [0.1, 0.15) is 0 Å². The standard InChI is InChI=1S/C13H18FN3O2/c1-3-15-12-11(14)10(4-5-16-12)13(18)17-6-7-19-8-9(17)2/h4-5,9H,3,6-8H2,1-2H3,(H,15,16). The lowest BCUT2D eigenvalue weighted by Crippen LogP contribution is -2.47. The van der Waals surface area contributed by atoms with Gasteiger partial charge >= 0.3 is 0 Å². The van der Waals surface area contributed by atoms with E-state index >= 15 is 0 Å². The molecule has 1 atom stereocenters. The number of halogens is 1. The molecule has 0 saturated carbocycles. The molecule has 0 radical (unpaired) electrons. The highest BCUT2D eigenvalue weighted by Crippen LogP contribution is 2.19. The summed E-state index contributed by atoms with van der Waals surface area (Å²) in [5.74, 6) is -0.780. The van der Waals surface area contributed by atoms with Gasteiger partial charge in [-0.05, 0) is 19.9 Å². The van der Waals surface area contributed by atoms with Crippen molar-refractivity contribution in [2.75, 3.05) is 31.6 Å². The zero-order chi connectivity index (χ0) is 13.8. The molecule has 0 bridgehead atoms. The Kier molecular flexibility index (Phi) is 4.31. The van der Waals surface area contributed by atoms with Crippen molar-refractivity contribution in [3.8, 4) is 0 Å². The quantitative estimate of drug-likeness (QED) is 0.902. The van der Waals surface area contributed by atoms with E-state index in [0.29, 0.717) is 26.3 Å². The van der Waals surface area contributed by atoms with Crippen LogP contribution in [0.1, 0.15) is 24.2 Å². The third kappa shape index (κ3) is 2.84. The number of morpholine rings is 1. The fourth-order valence-electron chi connectivity index (χ4n) is 2.08. The molecule has 0 aliphatic carbocycles. The minimum absolute atomic E-state index is 0.0450. The van der Waals surface area contributed by atoms with Gasteiger partial charge in [0.25, 0.3) is 5.91 Å². The van der Waals surface area contributed by atoms with Crippen LogP contribution in [0.2, 0.25) is 0 Å². The number of aromatic nitrogens is 1. The van der Waals surface area contributed by atoms with Crippen LogP contribution in [-0.4, -0.2) is 48.1 Å². The van der Waals surface area contributed by atoms with Crippen LogP contribution < -0.4 is 5.32 Å². The zero-order valence-electron chi connectivity index (χ0n) is 11.1. The van der Waals surface area contributed by atoms with Crippen LogP contribution in [0.15, 0.2) is 12.3 Å². The third-order valence-corrected chi connectivity index (χ3v) is 3.09. The van der Waals surface area contributed by atoms with E-state index in [4.69, 9.17) is 4.74 Å². The summed E-state index contributed by atoms with van der Waals surface area (Å²) in [4.78, 5) is 17.9. The van der Waals surface area contributed by atoms with Crippen LogP contribution in [0.25, 0.3) is 0 Å². The minimum Gasteiger partial charge on any atom is -0.377 e. The Labute approximate surface area is 111 Å². The Morgan fingerprint density at radius 3 is 3.16 bits per heavy atom. The monoisotopic (exact) mass is 267 g/mol. The van der Waals surface area contributed by atoms with E-state index in [9.17, 15) is 9.18 Å². The molecule has 1 amide bonds. The van der Waals surface area contributed by atoms with E-state index in [1.54, 1.807) is 4.90 Å². The summed E-state index contributed by atoms with van der Waals surface area (Å²) in [5, 5.41) is 2.80. The predicted molar refractivity (Wildman–Crippen MR) is 69.7 cm³/mol. The molecular weight excluding hydrogens is 249 g/mol. The Hall–Kier alpha value is -1.69. The van der Waals surface area contributed by atoms with Gasteiger partial charge in [-0.1, -0.05) is 0 Å². The van der Waals surface area contributed by atoms with Crippen molar-refractivity contribution in [3.63, 3.8) is 0 Å². The predicted octanol–water partition coefficient (Wildman–Crippen LogP) is 1.51. The van der Waals surface area contributed by atoms with Crippen molar-refractivity contribution in [1.29, 1.82) is 0 Å². The highest BCUT2D eigenvalue weighted by Gasteiger charge is 2.27. The van der Waals surface area contributed by atoms with Crippen LogP contribution in [0.3, 0.4) is 0 Å². The zero-order valence-corrected chi connectivity index (χ0v) is 11.1. The van der Waals surface area contributed by atoms with Gasteiger partial charge in [0, 0.05) is 19.3 Å². The second-order valence-corrected chi connectivity index (χ2v) is 4.47. The topological polar surface area (TPSA) is 54.5 Å². The van der Waals surface area contributed by atoms with Crippen molar-refractivity contribution in [2.45, 2.75) is 19.9 Å². The van der Waals surface area contributed by atoms with Crippen LogP contribution in [0, 0.1) is 5.82 Å². The Morgan fingerprint density at radius 2 is 2.47 bits per heavy atom. The molecule has 2 rings (SSSR count). The molecule has 0 spiro atoms. The molecule has 1 aromatic rings. The molecule has 0 aromatic carbocycles. The molecule has 1 aliphatic rings. The molecule has 1 aliphatic heterocycles. The average Bonchev–Trinajstić information content (AvgIpc) is 2.41. The smallest absolute Gasteiger partial charge is 0.257 e. The lowest BCUT2D eigenvalue weighted by molar-refractivity contribution is 0.00335. The van der Waals surface area contributed by atoms with Gasteiger partial charge in [0.15, 0.2) is 11.6 Å². The van der Waals surface area contributed by atoms with E-state index < -0.39 is 5.82 Å². The average molecular weight is 267 g/mol. The third-order valence-electron chi connectivity index (χ3n) is 3.09. The summed E-state index contributed by atoms with van der Waals surface area (Å²) < 4.78 is 19.5. The van der Waals surface area contributed by atoms with Crippen molar-refractivity contribution < 1.29 is 13.9 Å². The van der Waals surface area contributed by atoms with Crippen LogP contribution in [-0.2, 0) is 4.74 Å². The molecule has 19 heavy (non-hydrogen) atoms. The van der Waals surface area contributed by atoms with Gasteiger partial charge in [-0.3, -0.25) is 4.79 Å². The highest BCUT2D eigenvalue weighted by atomic mass is 19.1. The number of hydrogen-bond acceptors (Lipinski definition) is 4. The second kappa shape index (κ2) is 5.97. The lowest BCUT2D eigenvalue weighted by Gasteiger charge is -2.33. The molecule has 2 heterocycles. The van der Waals surface area contributed by atoms with Crippen molar-refractivity contribution >= 4 is 11.7 Å². The van der Waals surface area contributed by atoms with E-state index in [0.717, 1.165) is 0 Å². The van der Waals surface area contributed by atoms with Gasteiger partial charge in [0.05, 0.1) is 24.8 Å². The summed E-state index contributed by atoms with van der Waals surface area (Å²) in [6.45, 7) is 5.75. The highest BCUT2D eigenvalue weighted by molar-refractivity contribution is 5.95. The van der Waals surface area contributed by atoms with Gasteiger partial charge in [-0.2, -0.15) is 0 Å². The molecule has 1 aromatic heterocycles. The first-order valence-electron chi connectivity index (χ1n) is 6.42. The molecule has 1 fully saturated rings. The second-order valence-electron chi connectivity index (χ2n) is 4.47. The summed E-state index contributed by atoms with van der Waals surface area (Å²) in [7, 11) is 0. The number of pyridine rings is 1. The van der Waals surface area contributed by atoms with E-state index in [-0.39, 0.29) is 23.3 Å². The lowest BCUT2D eigenvalue weighted by atomic mass is 10.1. The first-order chi connectivity index (χ1) is 9.15.